The summed E-state index contributed by atoms with van der Waals surface area (Å²) in [5, 5.41) is 3.75. The smallest absolute Gasteiger partial charge is 0.322 e. The molecule has 0 saturated carbocycles. The second-order valence-corrected chi connectivity index (χ2v) is 7.80. The number of rotatable bonds is 8. The van der Waals surface area contributed by atoms with Crippen molar-refractivity contribution in [2.45, 2.75) is 18.5 Å². The van der Waals surface area contributed by atoms with Crippen LogP contribution in [0.2, 0.25) is 0 Å². The molecule has 1 aromatic heterocycles. The zero-order valence-corrected chi connectivity index (χ0v) is 21.3. The SMILES string of the molecule is COc1nc(OC)c(CN2CCN[C@H](C(c3ccccc3)c3ccccc3)C2)c(OC)n1.Cl.Cl. The molecule has 1 atom stereocenters. The first-order chi connectivity index (χ1) is 15.7. The summed E-state index contributed by atoms with van der Waals surface area (Å²) < 4.78 is 16.2. The summed E-state index contributed by atoms with van der Waals surface area (Å²) in [6.45, 7) is 3.30. The summed E-state index contributed by atoms with van der Waals surface area (Å²) in [4.78, 5) is 11.1. The van der Waals surface area contributed by atoms with Gasteiger partial charge in [-0.15, -0.1) is 24.8 Å². The molecule has 34 heavy (non-hydrogen) atoms. The van der Waals surface area contributed by atoms with Gasteiger partial charge in [-0.2, -0.15) is 9.97 Å². The Hall–Kier alpha value is -2.58. The van der Waals surface area contributed by atoms with Crippen LogP contribution in [-0.4, -0.2) is 61.9 Å². The molecule has 0 spiro atoms. The fourth-order valence-corrected chi connectivity index (χ4v) is 4.40. The number of ether oxygens (including phenoxy) is 3. The van der Waals surface area contributed by atoms with Crippen molar-refractivity contribution in [3.05, 3.63) is 77.4 Å². The van der Waals surface area contributed by atoms with Crippen molar-refractivity contribution in [2.75, 3.05) is 41.0 Å². The minimum atomic E-state index is 0. The Balaban J connectivity index is 0.00000204. The van der Waals surface area contributed by atoms with Crippen LogP contribution in [0.25, 0.3) is 0 Å². The highest BCUT2D eigenvalue weighted by Gasteiger charge is 2.30. The van der Waals surface area contributed by atoms with Crippen LogP contribution in [0.4, 0.5) is 0 Å². The number of hydrogen-bond donors (Lipinski definition) is 1. The van der Waals surface area contributed by atoms with Crippen molar-refractivity contribution in [2.24, 2.45) is 0 Å². The molecule has 1 aliphatic rings. The van der Waals surface area contributed by atoms with Gasteiger partial charge in [0.15, 0.2) is 0 Å². The zero-order chi connectivity index (χ0) is 22.3. The van der Waals surface area contributed by atoms with E-state index in [0.29, 0.717) is 18.3 Å². The molecular weight excluding hydrogens is 475 g/mol. The average molecular weight is 507 g/mol. The van der Waals surface area contributed by atoms with E-state index in [1.165, 1.54) is 18.2 Å². The molecule has 7 nitrogen and oxygen atoms in total. The van der Waals surface area contributed by atoms with E-state index in [9.17, 15) is 0 Å². The van der Waals surface area contributed by atoms with E-state index < -0.39 is 0 Å². The monoisotopic (exact) mass is 506 g/mol. The second kappa shape index (κ2) is 13.3. The molecule has 0 bridgehead atoms. The molecule has 184 valence electrons. The second-order valence-electron chi connectivity index (χ2n) is 7.80. The van der Waals surface area contributed by atoms with E-state index >= 15 is 0 Å². The Morgan fingerprint density at radius 1 is 0.853 bits per heavy atom. The number of halogens is 2. The van der Waals surface area contributed by atoms with Crippen LogP contribution >= 0.6 is 24.8 Å². The van der Waals surface area contributed by atoms with Crippen molar-refractivity contribution < 1.29 is 14.2 Å². The van der Waals surface area contributed by atoms with Gasteiger partial charge in [-0.3, -0.25) is 4.90 Å². The summed E-state index contributed by atoms with van der Waals surface area (Å²) in [5.74, 6) is 1.20. The fourth-order valence-electron chi connectivity index (χ4n) is 4.40. The van der Waals surface area contributed by atoms with Gasteiger partial charge in [0, 0.05) is 38.1 Å². The van der Waals surface area contributed by atoms with Crippen LogP contribution < -0.4 is 19.5 Å². The van der Waals surface area contributed by atoms with Gasteiger partial charge in [0.2, 0.25) is 11.8 Å². The highest BCUT2D eigenvalue weighted by atomic mass is 35.5. The lowest BCUT2D eigenvalue weighted by Gasteiger charge is -2.38. The van der Waals surface area contributed by atoms with Crippen LogP contribution in [0.1, 0.15) is 22.6 Å². The van der Waals surface area contributed by atoms with Gasteiger partial charge in [0.1, 0.15) is 0 Å². The number of hydrogen-bond acceptors (Lipinski definition) is 7. The molecule has 2 heterocycles. The number of methoxy groups -OCH3 is 3. The molecule has 3 aromatic rings. The van der Waals surface area contributed by atoms with Crippen molar-refractivity contribution in [3.8, 4) is 17.8 Å². The maximum Gasteiger partial charge on any atom is 0.322 e. The first kappa shape index (κ1) is 27.7. The third-order valence-electron chi connectivity index (χ3n) is 5.87. The quantitative estimate of drug-likeness (QED) is 0.495. The largest absolute Gasteiger partial charge is 0.481 e. The minimum absolute atomic E-state index is 0. The average Bonchev–Trinajstić information content (AvgIpc) is 2.86. The predicted molar refractivity (Wildman–Crippen MR) is 138 cm³/mol. The maximum absolute atomic E-state index is 5.53. The van der Waals surface area contributed by atoms with Gasteiger partial charge in [0.05, 0.1) is 26.9 Å². The zero-order valence-electron chi connectivity index (χ0n) is 19.6. The highest BCUT2D eigenvalue weighted by molar-refractivity contribution is 5.85. The number of piperazine rings is 1. The Labute approximate surface area is 213 Å². The number of benzene rings is 2. The van der Waals surface area contributed by atoms with Crippen LogP contribution in [0.5, 0.6) is 17.8 Å². The third kappa shape index (κ3) is 6.30. The van der Waals surface area contributed by atoms with E-state index in [0.717, 1.165) is 25.2 Å². The molecule has 1 saturated heterocycles. The standard InChI is InChI=1S/C25H30N4O3.2ClH/c1-30-23-20(24(31-2)28-25(27-23)32-3)16-29-15-14-26-21(17-29)22(18-10-6-4-7-11-18)19-12-8-5-9-13-19;;/h4-13,21-22,26H,14-17H2,1-3H3;2*1H/t21-;;/m0../s1. The van der Waals surface area contributed by atoms with Gasteiger partial charge in [-0.1, -0.05) is 60.7 Å². The van der Waals surface area contributed by atoms with Gasteiger partial charge in [0.25, 0.3) is 0 Å². The molecule has 1 N–H and O–H groups in total. The molecular formula is C25H32Cl2N4O3. The van der Waals surface area contributed by atoms with Crippen LogP contribution in [0.3, 0.4) is 0 Å². The molecule has 0 amide bonds. The van der Waals surface area contributed by atoms with Gasteiger partial charge in [-0.25, -0.2) is 0 Å². The van der Waals surface area contributed by atoms with Gasteiger partial charge >= 0.3 is 6.01 Å². The Kier molecular flexibility index (Phi) is 10.9. The molecule has 0 aliphatic carbocycles. The van der Waals surface area contributed by atoms with Crippen molar-refractivity contribution in [3.63, 3.8) is 0 Å². The number of aromatic nitrogens is 2. The molecule has 1 fully saturated rings. The van der Waals surface area contributed by atoms with Crippen LogP contribution in [0.15, 0.2) is 60.7 Å². The lowest BCUT2D eigenvalue weighted by atomic mass is 9.84. The van der Waals surface area contributed by atoms with Crippen molar-refractivity contribution in [1.82, 2.24) is 20.2 Å². The number of nitrogens with zero attached hydrogens (tertiary/aromatic N) is 3. The topological polar surface area (TPSA) is 68.7 Å². The van der Waals surface area contributed by atoms with Crippen molar-refractivity contribution in [1.29, 1.82) is 0 Å². The molecule has 0 unspecified atom stereocenters. The summed E-state index contributed by atoms with van der Waals surface area (Å²) >= 11 is 0. The third-order valence-corrected chi connectivity index (χ3v) is 5.87. The first-order valence-corrected chi connectivity index (χ1v) is 10.8. The maximum atomic E-state index is 5.53. The highest BCUT2D eigenvalue weighted by Crippen LogP contribution is 2.32. The fraction of sp³-hybridized carbons (Fsp3) is 0.360. The molecule has 9 heteroatoms. The van der Waals surface area contributed by atoms with Gasteiger partial charge in [-0.05, 0) is 11.1 Å². The Morgan fingerprint density at radius 2 is 1.38 bits per heavy atom. The lowest BCUT2D eigenvalue weighted by Crippen LogP contribution is -2.52. The van der Waals surface area contributed by atoms with E-state index in [4.69, 9.17) is 14.2 Å². The van der Waals surface area contributed by atoms with E-state index in [-0.39, 0.29) is 42.8 Å². The van der Waals surface area contributed by atoms with E-state index in [1.807, 2.05) is 0 Å². The first-order valence-electron chi connectivity index (χ1n) is 10.8. The molecule has 2 aromatic carbocycles. The molecule has 4 rings (SSSR count). The molecule has 1 aliphatic heterocycles. The predicted octanol–water partition coefficient (Wildman–Crippen LogP) is 3.95. The number of nitrogens with one attached hydrogen (secondary N) is 1. The summed E-state index contributed by atoms with van der Waals surface area (Å²) in [6, 6.07) is 21.9. The summed E-state index contributed by atoms with van der Waals surface area (Å²) in [7, 11) is 4.74. The summed E-state index contributed by atoms with van der Waals surface area (Å²) in [6.07, 6.45) is 0. The van der Waals surface area contributed by atoms with E-state index in [2.05, 4.69) is 80.8 Å². The molecule has 0 radical (unpaired) electrons. The van der Waals surface area contributed by atoms with E-state index in [1.54, 1.807) is 14.2 Å². The normalized spacial score (nSPS) is 15.7. The van der Waals surface area contributed by atoms with Gasteiger partial charge < -0.3 is 19.5 Å². The Morgan fingerprint density at radius 3 is 1.85 bits per heavy atom. The minimum Gasteiger partial charge on any atom is -0.481 e. The Bertz CT molecular complexity index is 947. The lowest BCUT2D eigenvalue weighted by molar-refractivity contribution is 0.178. The van der Waals surface area contributed by atoms with Crippen molar-refractivity contribution >= 4 is 24.8 Å². The summed E-state index contributed by atoms with van der Waals surface area (Å²) in [5.41, 5.74) is 3.44. The van der Waals surface area contributed by atoms with Crippen LogP contribution in [0, 0.1) is 0 Å². The van der Waals surface area contributed by atoms with Crippen LogP contribution in [-0.2, 0) is 6.54 Å².